The van der Waals surface area contributed by atoms with E-state index in [1.54, 1.807) is 0 Å². The van der Waals surface area contributed by atoms with Crippen LogP contribution in [-0.4, -0.2) is 41.6 Å². The second-order valence-corrected chi connectivity index (χ2v) is 6.88. The van der Waals surface area contributed by atoms with Gasteiger partial charge in [-0.3, -0.25) is 4.79 Å². The maximum Gasteiger partial charge on any atom is 0.471 e. The van der Waals surface area contributed by atoms with Crippen LogP contribution in [-0.2, 0) is 16.2 Å². The Morgan fingerprint density at radius 1 is 1.32 bits per heavy atom. The number of amides is 1. The molecular weight excluding hydrogens is 363 g/mol. The van der Waals surface area contributed by atoms with E-state index in [9.17, 15) is 26.4 Å². The number of hydrogen-bond acceptors (Lipinski definition) is 6. The number of nitrogens with zero attached hydrogens (tertiary/aromatic N) is 3. The van der Waals surface area contributed by atoms with E-state index in [4.69, 9.17) is 0 Å². The molecule has 0 fully saturated rings. The lowest BCUT2D eigenvalue weighted by atomic mass is 10.1. The molecule has 0 bridgehead atoms. The summed E-state index contributed by atoms with van der Waals surface area (Å²) in [7, 11) is -2.73. The predicted octanol–water partition coefficient (Wildman–Crippen LogP) is 2.34. The van der Waals surface area contributed by atoms with Crippen molar-refractivity contribution in [1.82, 2.24) is 14.4 Å². The van der Waals surface area contributed by atoms with E-state index in [0.717, 1.165) is 13.1 Å². The van der Waals surface area contributed by atoms with Crippen LogP contribution in [0.15, 0.2) is 41.4 Å². The summed E-state index contributed by atoms with van der Waals surface area (Å²) in [5.74, 6) is -2.99. The molecule has 0 spiro atoms. The van der Waals surface area contributed by atoms with Gasteiger partial charge in [-0.05, 0) is 12.1 Å². The molecule has 2 aromatic rings. The van der Waals surface area contributed by atoms with Crippen molar-refractivity contribution in [2.75, 3.05) is 12.8 Å². The molecule has 1 aromatic heterocycles. The number of carbonyl (C=O) groups is 1. The summed E-state index contributed by atoms with van der Waals surface area (Å²) in [6.45, 7) is 3.30. The fourth-order valence-electron chi connectivity index (χ4n) is 1.79. The number of rotatable bonds is 5. The third kappa shape index (κ3) is 4.05. The monoisotopic (exact) mass is 375 g/mol. The third-order valence-electron chi connectivity index (χ3n) is 3.09. The van der Waals surface area contributed by atoms with Crippen molar-refractivity contribution in [3.8, 4) is 11.4 Å². The molecule has 11 heteroatoms. The van der Waals surface area contributed by atoms with Crippen molar-refractivity contribution in [2.24, 2.45) is 0 Å². The molecule has 134 valence electrons. The van der Waals surface area contributed by atoms with E-state index in [2.05, 4.69) is 21.2 Å². The largest absolute Gasteiger partial charge is 0.471 e. The predicted molar refractivity (Wildman–Crippen MR) is 80.8 cm³/mol. The lowest BCUT2D eigenvalue weighted by Crippen LogP contribution is -2.34. The fraction of sp³-hybridized carbons (Fsp3) is 0.214. The Balaban J connectivity index is 2.24. The van der Waals surface area contributed by atoms with Gasteiger partial charge in [-0.2, -0.15) is 18.2 Å². The van der Waals surface area contributed by atoms with Crippen LogP contribution in [0.3, 0.4) is 0 Å². The molecule has 0 saturated heterocycles. The quantitative estimate of drug-likeness (QED) is 0.745. The van der Waals surface area contributed by atoms with Crippen LogP contribution in [0.5, 0.6) is 0 Å². The lowest BCUT2D eigenvalue weighted by Gasteiger charge is -2.16. The van der Waals surface area contributed by atoms with E-state index in [-0.39, 0.29) is 17.0 Å². The van der Waals surface area contributed by atoms with Crippen molar-refractivity contribution < 1.29 is 30.9 Å². The second kappa shape index (κ2) is 6.67. The van der Waals surface area contributed by atoms with Crippen LogP contribution in [0.1, 0.15) is 16.2 Å². The Labute approximate surface area is 140 Å². The smallest absolute Gasteiger partial charge is 0.329 e. The van der Waals surface area contributed by atoms with E-state index >= 15 is 0 Å². The van der Waals surface area contributed by atoms with E-state index in [0.29, 0.717) is 4.31 Å². The number of sulfonamides is 1. The van der Waals surface area contributed by atoms with Gasteiger partial charge in [0.2, 0.25) is 15.8 Å². The van der Waals surface area contributed by atoms with Crippen LogP contribution < -0.4 is 0 Å². The minimum Gasteiger partial charge on any atom is -0.329 e. The summed E-state index contributed by atoms with van der Waals surface area (Å²) < 4.78 is 65.7. The average molecular weight is 375 g/mol. The molecule has 1 aromatic carbocycles. The van der Waals surface area contributed by atoms with Crippen molar-refractivity contribution in [1.29, 1.82) is 0 Å². The van der Waals surface area contributed by atoms with Gasteiger partial charge in [-0.15, -0.1) is 6.58 Å². The zero-order valence-corrected chi connectivity index (χ0v) is 13.6. The van der Waals surface area contributed by atoms with Gasteiger partial charge in [-0.25, -0.2) is 12.7 Å². The van der Waals surface area contributed by atoms with Gasteiger partial charge in [0.15, 0.2) is 0 Å². The number of hydrogen-bond donors (Lipinski definition) is 0. The van der Waals surface area contributed by atoms with Crippen LogP contribution in [0, 0.1) is 0 Å². The Kier molecular flexibility index (Phi) is 4.97. The molecule has 0 aliphatic heterocycles. The Morgan fingerprint density at radius 3 is 2.40 bits per heavy atom. The Hall–Kier alpha value is -2.69. The molecule has 0 atom stereocenters. The topological polar surface area (TPSA) is 93.4 Å². The van der Waals surface area contributed by atoms with Crippen molar-refractivity contribution >= 4 is 15.9 Å². The molecule has 7 nitrogen and oxygen atoms in total. The number of aromatic nitrogens is 2. The Bertz CT molecular complexity index is 889. The summed E-state index contributed by atoms with van der Waals surface area (Å²) in [5.41, 5.74) is 0.200. The standard InChI is InChI=1S/C14H12F3N3O4S/c1-3-8-25(22,23)20(2)12(21)10-6-4-9(5-7-10)11-18-13(24-19-11)14(15,16)17/h3-7H,1,8H2,2H3. The first kappa shape index (κ1) is 18.6. The fourth-order valence-corrected chi connectivity index (χ4v) is 2.67. The molecule has 0 saturated carbocycles. The molecule has 0 aliphatic rings. The van der Waals surface area contributed by atoms with E-state index in [1.807, 2.05) is 0 Å². The van der Waals surface area contributed by atoms with Gasteiger partial charge >= 0.3 is 12.1 Å². The van der Waals surface area contributed by atoms with Gasteiger partial charge in [0.1, 0.15) is 0 Å². The molecule has 0 radical (unpaired) electrons. The SMILES string of the molecule is C=CCS(=O)(=O)N(C)C(=O)c1ccc(-c2noc(C(F)(F)F)n2)cc1. The maximum atomic E-state index is 12.4. The summed E-state index contributed by atoms with van der Waals surface area (Å²) in [4.78, 5) is 15.4. The van der Waals surface area contributed by atoms with E-state index < -0.39 is 33.8 Å². The van der Waals surface area contributed by atoms with Crippen LogP contribution in [0.4, 0.5) is 13.2 Å². The average Bonchev–Trinajstić information content (AvgIpc) is 3.04. The van der Waals surface area contributed by atoms with Crippen LogP contribution in [0.2, 0.25) is 0 Å². The molecular formula is C14H12F3N3O4S. The van der Waals surface area contributed by atoms with Gasteiger partial charge in [0, 0.05) is 18.2 Å². The van der Waals surface area contributed by atoms with Crippen molar-refractivity contribution in [2.45, 2.75) is 6.18 Å². The number of benzene rings is 1. The number of alkyl halides is 3. The Morgan fingerprint density at radius 2 is 1.92 bits per heavy atom. The molecule has 1 heterocycles. The summed E-state index contributed by atoms with van der Waals surface area (Å²) in [5, 5.41) is 3.22. The summed E-state index contributed by atoms with van der Waals surface area (Å²) in [6.07, 6.45) is -3.61. The van der Waals surface area contributed by atoms with Gasteiger partial charge in [0.25, 0.3) is 5.91 Å². The highest BCUT2D eigenvalue weighted by molar-refractivity contribution is 7.89. The van der Waals surface area contributed by atoms with Gasteiger partial charge < -0.3 is 4.52 Å². The van der Waals surface area contributed by atoms with Gasteiger partial charge in [0.05, 0.1) is 5.75 Å². The third-order valence-corrected chi connectivity index (χ3v) is 4.75. The highest BCUT2D eigenvalue weighted by Crippen LogP contribution is 2.29. The minimum absolute atomic E-state index is 0.0263. The normalized spacial score (nSPS) is 12.0. The minimum atomic E-state index is -4.76. The van der Waals surface area contributed by atoms with Crippen molar-refractivity contribution in [3.63, 3.8) is 0 Å². The lowest BCUT2D eigenvalue weighted by molar-refractivity contribution is -0.159. The molecule has 0 N–H and O–H groups in total. The second-order valence-electron chi connectivity index (χ2n) is 4.84. The van der Waals surface area contributed by atoms with Crippen LogP contribution >= 0.6 is 0 Å². The first-order chi connectivity index (χ1) is 11.6. The number of halogens is 3. The molecule has 0 unspecified atom stereocenters. The zero-order valence-electron chi connectivity index (χ0n) is 12.8. The first-order valence-electron chi connectivity index (χ1n) is 6.69. The van der Waals surface area contributed by atoms with Crippen molar-refractivity contribution in [3.05, 3.63) is 48.4 Å². The van der Waals surface area contributed by atoms with Gasteiger partial charge in [-0.1, -0.05) is 23.4 Å². The molecule has 2 rings (SSSR count). The van der Waals surface area contributed by atoms with Crippen LogP contribution in [0.25, 0.3) is 11.4 Å². The summed E-state index contributed by atoms with van der Waals surface area (Å²) in [6, 6.07) is 5.07. The number of carbonyl (C=O) groups excluding carboxylic acids is 1. The first-order valence-corrected chi connectivity index (χ1v) is 8.30. The molecule has 0 aliphatic carbocycles. The highest BCUT2D eigenvalue weighted by Gasteiger charge is 2.38. The van der Waals surface area contributed by atoms with E-state index in [1.165, 1.54) is 24.3 Å². The molecule has 25 heavy (non-hydrogen) atoms. The molecule has 1 amide bonds. The highest BCUT2D eigenvalue weighted by atomic mass is 32.2. The summed E-state index contributed by atoms with van der Waals surface area (Å²) >= 11 is 0. The maximum absolute atomic E-state index is 12.4. The zero-order chi connectivity index (χ0) is 18.8.